The van der Waals surface area contributed by atoms with Crippen molar-refractivity contribution < 1.29 is 14.6 Å². The van der Waals surface area contributed by atoms with Gasteiger partial charge in [-0.15, -0.1) is 13.0 Å². The highest BCUT2D eigenvalue weighted by Crippen LogP contribution is 2.33. The van der Waals surface area contributed by atoms with Gasteiger partial charge in [-0.2, -0.15) is 0 Å². The molecule has 0 bridgehead atoms. The molecule has 120 valence electrons. The monoisotopic (exact) mass is 311 g/mol. The average molecular weight is 311 g/mol. The van der Waals surface area contributed by atoms with Crippen LogP contribution in [0.1, 0.15) is 18.5 Å². The molecule has 0 saturated carbocycles. The molecule has 0 amide bonds. The Balaban J connectivity index is 2.54. The molecule has 1 heterocycles. The molecule has 0 spiro atoms. The van der Waals surface area contributed by atoms with Gasteiger partial charge in [0.25, 0.3) is 0 Å². The zero-order valence-electron chi connectivity index (χ0n) is 13.5. The van der Waals surface area contributed by atoms with Gasteiger partial charge >= 0.3 is 0 Å². The number of pyridine rings is 1. The van der Waals surface area contributed by atoms with Crippen LogP contribution in [-0.2, 0) is 10.3 Å². The summed E-state index contributed by atoms with van der Waals surface area (Å²) in [5, 5.41) is 12.7. The van der Waals surface area contributed by atoms with Crippen LogP contribution in [0.4, 0.5) is 0 Å². The van der Waals surface area contributed by atoms with E-state index in [0.717, 1.165) is 10.8 Å². The van der Waals surface area contributed by atoms with E-state index in [9.17, 15) is 5.11 Å². The highest BCUT2D eigenvalue weighted by atomic mass is 16.5. The second-order valence-electron chi connectivity index (χ2n) is 5.34. The van der Waals surface area contributed by atoms with Gasteiger partial charge < -0.3 is 14.6 Å². The Morgan fingerprint density at radius 1 is 1.43 bits per heavy atom. The maximum atomic E-state index is 11.0. The predicted molar refractivity (Wildman–Crippen MR) is 91.3 cm³/mol. The number of rotatable bonds is 7. The third-order valence-electron chi connectivity index (χ3n) is 3.89. The van der Waals surface area contributed by atoms with Crippen molar-refractivity contribution in [2.45, 2.75) is 24.5 Å². The molecule has 0 aliphatic rings. The molecule has 1 aromatic carbocycles. The smallest absolute Gasteiger partial charge is 0.170 e. The maximum absolute atomic E-state index is 11.0. The Kier molecular flexibility index (Phi) is 5.38. The predicted octanol–water partition coefficient (Wildman–Crippen LogP) is 3.05. The summed E-state index contributed by atoms with van der Waals surface area (Å²) in [5.41, 5.74) is -1.10. The molecular formula is C19H21NO3. The minimum absolute atomic E-state index is 0.231. The normalized spacial score (nSPS) is 14.7. The number of benzene rings is 1. The van der Waals surface area contributed by atoms with Crippen LogP contribution in [0.2, 0.25) is 0 Å². The van der Waals surface area contributed by atoms with Gasteiger partial charge in [-0.1, -0.05) is 18.1 Å². The summed E-state index contributed by atoms with van der Waals surface area (Å²) in [5.74, 6) is 3.17. The zero-order valence-corrected chi connectivity index (χ0v) is 13.5. The third kappa shape index (κ3) is 3.53. The molecule has 23 heavy (non-hydrogen) atoms. The zero-order chi connectivity index (χ0) is 16.9. The Hall–Kier alpha value is -2.35. The minimum Gasteiger partial charge on any atom is -0.497 e. The lowest BCUT2D eigenvalue weighted by Crippen LogP contribution is -2.31. The third-order valence-corrected chi connectivity index (χ3v) is 3.89. The van der Waals surface area contributed by atoms with E-state index in [1.54, 1.807) is 26.5 Å². The van der Waals surface area contributed by atoms with Crippen LogP contribution in [0.25, 0.3) is 10.8 Å². The average Bonchev–Trinajstić information content (AvgIpc) is 2.60. The Morgan fingerprint density at radius 2 is 2.22 bits per heavy atom. The molecule has 0 saturated heterocycles. The number of aromatic nitrogens is 1. The number of aliphatic hydroxyl groups is 1. The molecule has 0 radical (unpaired) electrons. The summed E-state index contributed by atoms with van der Waals surface area (Å²) >= 11 is 0. The molecular weight excluding hydrogens is 290 g/mol. The topological polar surface area (TPSA) is 51.6 Å². The fourth-order valence-electron chi connectivity index (χ4n) is 2.61. The van der Waals surface area contributed by atoms with Crippen LogP contribution in [0.15, 0.2) is 43.1 Å². The van der Waals surface area contributed by atoms with Gasteiger partial charge in [-0.05, 0) is 30.0 Å². The van der Waals surface area contributed by atoms with Gasteiger partial charge in [-0.3, -0.25) is 4.98 Å². The fraction of sp³-hybridized carbons (Fsp3) is 0.316. The van der Waals surface area contributed by atoms with Crippen molar-refractivity contribution in [3.63, 3.8) is 0 Å². The lowest BCUT2D eigenvalue weighted by atomic mass is 9.88. The highest BCUT2D eigenvalue weighted by molar-refractivity contribution is 5.86. The SMILES string of the molecule is C#C[C@](O)(C[C@H](CC=C)OC)c1nccc2ccc(OC)cc12. The minimum atomic E-state index is -1.53. The Labute approximate surface area is 136 Å². The van der Waals surface area contributed by atoms with E-state index in [1.807, 2.05) is 24.3 Å². The molecule has 0 unspecified atom stereocenters. The van der Waals surface area contributed by atoms with Crippen LogP contribution < -0.4 is 4.74 Å². The van der Waals surface area contributed by atoms with Crippen molar-refractivity contribution in [2.75, 3.05) is 14.2 Å². The van der Waals surface area contributed by atoms with Gasteiger partial charge in [0.1, 0.15) is 5.75 Å². The van der Waals surface area contributed by atoms with Crippen molar-refractivity contribution in [3.05, 3.63) is 48.8 Å². The second kappa shape index (κ2) is 7.28. The molecule has 1 N–H and O–H groups in total. The number of ether oxygens (including phenoxy) is 2. The van der Waals surface area contributed by atoms with Crippen LogP contribution >= 0.6 is 0 Å². The lowest BCUT2D eigenvalue weighted by molar-refractivity contribution is 0.00883. The first-order valence-corrected chi connectivity index (χ1v) is 7.35. The largest absolute Gasteiger partial charge is 0.497 e. The second-order valence-corrected chi connectivity index (χ2v) is 5.34. The van der Waals surface area contributed by atoms with E-state index in [2.05, 4.69) is 17.5 Å². The van der Waals surface area contributed by atoms with Gasteiger partial charge in [0.2, 0.25) is 0 Å². The summed E-state index contributed by atoms with van der Waals surface area (Å²) in [6, 6.07) is 7.46. The molecule has 4 nitrogen and oxygen atoms in total. The van der Waals surface area contributed by atoms with E-state index in [4.69, 9.17) is 15.9 Å². The summed E-state index contributed by atoms with van der Waals surface area (Å²) < 4.78 is 10.7. The van der Waals surface area contributed by atoms with Crippen LogP contribution in [0.5, 0.6) is 5.75 Å². The first-order chi connectivity index (χ1) is 11.1. The number of hydrogen-bond acceptors (Lipinski definition) is 4. The molecule has 2 rings (SSSR count). The van der Waals surface area contributed by atoms with Crippen molar-refractivity contribution in [3.8, 4) is 18.1 Å². The van der Waals surface area contributed by atoms with Crippen molar-refractivity contribution in [2.24, 2.45) is 0 Å². The number of methoxy groups -OCH3 is 2. The first kappa shape index (κ1) is 17.0. The van der Waals surface area contributed by atoms with Crippen LogP contribution in [-0.4, -0.2) is 30.4 Å². The number of hydrogen-bond donors (Lipinski definition) is 1. The number of nitrogens with zero attached hydrogens (tertiary/aromatic N) is 1. The molecule has 0 aliphatic carbocycles. The van der Waals surface area contributed by atoms with Crippen molar-refractivity contribution in [1.82, 2.24) is 4.98 Å². The number of fused-ring (bicyclic) bond motifs is 1. The van der Waals surface area contributed by atoms with Crippen molar-refractivity contribution in [1.29, 1.82) is 0 Å². The Morgan fingerprint density at radius 3 is 2.83 bits per heavy atom. The molecule has 2 aromatic rings. The van der Waals surface area contributed by atoms with Crippen LogP contribution in [0.3, 0.4) is 0 Å². The van der Waals surface area contributed by atoms with E-state index < -0.39 is 5.60 Å². The summed E-state index contributed by atoms with van der Waals surface area (Å²) in [7, 11) is 3.18. The molecule has 0 aliphatic heterocycles. The highest BCUT2D eigenvalue weighted by Gasteiger charge is 2.33. The standard InChI is InChI=1S/C19H21NO3/c1-5-7-16(23-4)13-19(21,6-2)18-17-12-15(22-3)9-8-14(17)10-11-20-18/h2,5,8-12,16,21H,1,7,13H2,3-4H3/t16-,19-/m0/s1. The lowest BCUT2D eigenvalue weighted by Gasteiger charge is -2.27. The van der Waals surface area contributed by atoms with E-state index in [0.29, 0.717) is 17.9 Å². The van der Waals surface area contributed by atoms with Crippen LogP contribution in [0, 0.1) is 12.3 Å². The van der Waals surface area contributed by atoms with Gasteiger partial charge in [-0.25, -0.2) is 0 Å². The summed E-state index contributed by atoms with van der Waals surface area (Å²) in [6.07, 6.45) is 9.61. The summed E-state index contributed by atoms with van der Waals surface area (Å²) in [4.78, 5) is 4.34. The molecule has 4 heteroatoms. The van der Waals surface area contributed by atoms with E-state index in [1.165, 1.54) is 0 Å². The van der Waals surface area contributed by atoms with E-state index >= 15 is 0 Å². The maximum Gasteiger partial charge on any atom is 0.170 e. The van der Waals surface area contributed by atoms with E-state index in [-0.39, 0.29) is 12.5 Å². The quantitative estimate of drug-likeness (QED) is 0.631. The fourth-order valence-corrected chi connectivity index (χ4v) is 2.61. The molecule has 0 fully saturated rings. The first-order valence-electron chi connectivity index (χ1n) is 7.35. The summed E-state index contributed by atoms with van der Waals surface area (Å²) in [6.45, 7) is 3.70. The van der Waals surface area contributed by atoms with Gasteiger partial charge in [0.05, 0.1) is 18.9 Å². The molecule has 2 atom stereocenters. The van der Waals surface area contributed by atoms with Gasteiger partial charge in [0.15, 0.2) is 5.60 Å². The number of terminal acetylenes is 1. The molecule has 1 aromatic heterocycles. The van der Waals surface area contributed by atoms with Crippen molar-refractivity contribution >= 4 is 10.8 Å². The Bertz CT molecular complexity index is 735. The van der Waals surface area contributed by atoms with Gasteiger partial charge in [0, 0.05) is 25.1 Å².